The number of nitrogens with one attached hydrogen (secondary N) is 2. The molecule has 3 heterocycles. The highest BCUT2D eigenvalue weighted by atomic mass is 35.5. The standard InChI is InChI=1S/C30H36ClN7O3/c1-5-30(39)35-23-16-24(27(40-4)17-26(23)37-12-9-22(10-13-37)36(2)3)34-28-18-29(33-19-32-28)38-25(11-14-41-38)20-7-6-8-21(31)15-20/h5-8,15-19,22,25H,1,9-14H2,2-4H3,(H,35,39)(H,32,33,34)/t25-/m1/s1. The molecule has 5 rings (SSSR count). The molecule has 2 saturated heterocycles. The molecule has 2 aliphatic rings. The van der Waals surface area contributed by atoms with E-state index in [1.54, 1.807) is 12.2 Å². The predicted octanol–water partition coefficient (Wildman–Crippen LogP) is 5.42. The largest absolute Gasteiger partial charge is 0.494 e. The maximum absolute atomic E-state index is 12.4. The maximum Gasteiger partial charge on any atom is 0.247 e. The number of methoxy groups -OCH3 is 1. The molecule has 2 aliphatic heterocycles. The number of halogens is 1. The van der Waals surface area contributed by atoms with E-state index >= 15 is 0 Å². The number of anilines is 5. The van der Waals surface area contributed by atoms with E-state index in [4.69, 9.17) is 21.2 Å². The zero-order valence-electron chi connectivity index (χ0n) is 23.6. The van der Waals surface area contributed by atoms with Crippen molar-refractivity contribution in [3.8, 4) is 5.75 Å². The van der Waals surface area contributed by atoms with Gasteiger partial charge >= 0.3 is 0 Å². The van der Waals surface area contributed by atoms with Gasteiger partial charge in [-0.2, -0.15) is 0 Å². The number of carbonyl (C=O) groups is 1. The minimum absolute atomic E-state index is 0.0253. The molecule has 216 valence electrons. The normalized spacial score (nSPS) is 17.5. The third kappa shape index (κ3) is 6.56. The number of hydrogen-bond acceptors (Lipinski definition) is 9. The lowest BCUT2D eigenvalue weighted by molar-refractivity contribution is -0.111. The van der Waals surface area contributed by atoms with Crippen molar-refractivity contribution >= 4 is 46.2 Å². The van der Waals surface area contributed by atoms with E-state index < -0.39 is 0 Å². The Morgan fingerprint density at radius 1 is 1.15 bits per heavy atom. The van der Waals surface area contributed by atoms with Crippen LogP contribution in [0.2, 0.25) is 5.02 Å². The number of amides is 1. The fraction of sp³-hybridized carbons (Fsp3) is 0.367. The summed E-state index contributed by atoms with van der Waals surface area (Å²) in [4.78, 5) is 31.8. The molecule has 0 bridgehead atoms. The summed E-state index contributed by atoms with van der Waals surface area (Å²) in [5.74, 6) is 1.51. The van der Waals surface area contributed by atoms with Crippen LogP contribution in [0.5, 0.6) is 5.75 Å². The van der Waals surface area contributed by atoms with E-state index in [0.29, 0.717) is 46.4 Å². The molecular weight excluding hydrogens is 542 g/mol. The van der Waals surface area contributed by atoms with Crippen LogP contribution < -0.4 is 25.3 Å². The Morgan fingerprint density at radius 3 is 2.66 bits per heavy atom. The lowest BCUT2D eigenvalue weighted by atomic mass is 10.0. The summed E-state index contributed by atoms with van der Waals surface area (Å²) in [6.45, 7) is 5.93. The van der Waals surface area contributed by atoms with Crippen LogP contribution in [0, 0.1) is 0 Å². The van der Waals surface area contributed by atoms with Crippen LogP contribution >= 0.6 is 11.6 Å². The molecule has 0 radical (unpaired) electrons. The molecule has 41 heavy (non-hydrogen) atoms. The first-order chi connectivity index (χ1) is 19.9. The summed E-state index contributed by atoms with van der Waals surface area (Å²) in [6.07, 6.45) is 5.62. The summed E-state index contributed by atoms with van der Waals surface area (Å²) in [7, 11) is 5.86. The molecule has 0 spiro atoms. The van der Waals surface area contributed by atoms with E-state index in [1.165, 1.54) is 12.4 Å². The van der Waals surface area contributed by atoms with Crippen molar-refractivity contribution in [2.24, 2.45) is 0 Å². The molecule has 0 unspecified atom stereocenters. The van der Waals surface area contributed by atoms with Crippen LogP contribution in [0.15, 0.2) is 61.4 Å². The second-order valence-electron chi connectivity index (χ2n) is 10.3. The van der Waals surface area contributed by atoms with Gasteiger partial charge in [-0.05, 0) is 56.8 Å². The topological polar surface area (TPSA) is 95.1 Å². The summed E-state index contributed by atoms with van der Waals surface area (Å²) >= 11 is 6.25. The van der Waals surface area contributed by atoms with Gasteiger partial charge in [-0.25, -0.2) is 15.0 Å². The molecule has 2 fully saturated rings. The van der Waals surface area contributed by atoms with Crippen molar-refractivity contribution in [1.29, 1.82) is 0 Å². The molecule has 1 amide bonds. The van der Waals surface area contributed by atoms with Crippen molar-refractivity contribution < 1.29 is 14.4 Å². The molecule has 3 aromatic rings. The Labute approximate surface area is 245 Å². The minimum Gasteiger partial charge on any atom is -0.494 e. The average Bonchev–Trinajstić information content (AvgIpc) is 3.48. The lowest BCUT2D eigenvalue weighted by Crippen LogP contribution is -2.42. The third-order valence-corrected chi connectivity index (χ3v) is 7.81. The molecule has 2 N–H and O–H groups in total. The van der Waals surface area contributed by atoms with Gasteiger partial charge in [0.2, 0.25) is 5.91 Å². The van der Waals surface area contributed by atoms with Gasteiger partial charge in [0, 0.05) is 42.7 Å². The first-order valence-corrected chi connectivity index (χ1v) is 14.1. The summed E-state index contributed by atoms with van der Waals surface area (Å²) < 4.78 is 5.79. The van der Waals surface area contributed by atoms with Crippen LogP contribution in [0.25, 0.3) is 0 Å². The molecular formula is C30H36ClN7O3. The predicted molar refractivity (Wildman–Crippen MR) is 163 cm³/mol. The van der Waals surface area contributed by atoms with Gasteiger partial charge in [-0.3, -0.25) is 9.63 Å². The van der Waals surface area contributed by atoms with E-state index in [2.05, 4.69) is 51.1 Å². The number of hydrogen-bond donors (Lipinski definition) is 2. The van der Waals surface area contributed by atoms with Gasteiger partial charge in [0.1, 0.15) is 17.9 Å². The summed E-state index contributed by atoms with van der Waals surface area (Å²) in [5.41, 5.74) is 3.27. The van der Waals surface area contributed by atoms with Crippen molar-refractivity contribution in [3.05, 3.63) is 72.0 Å². The number of benzene rings is 2. The second kappa shape index (κ2) is 12.8. The Balaban J connectivity index is 1.42. The summed E-state index contributed by atoms with van der Waals surface area (Å²) in [5, 5.41) is 8.81. The third-order valence-electron chi connectivity index (χ3n) is 7.58. The minimum atomic E-state index is -0.284. The average molecular weight is 578 g/mol. The number of rotatable bonds is 9. The van der Waals surface area contributed by atoms with Crippen LogP contribution in [0.1, 0.15) is 30.9 Å². The van der Waals surface area contributed by atoms with E-state index in [9.17, 15) is 4.79 Å². The van der Waals surface area contributed by atoms with Crippen molar-refractivity contribution in [3.63, 3.8) is 0 Å². The van der Waals surface area contributed by atoms with Crippen molar-refractivity contribution in [2.45, 2.75) is 31.3 Å². The molecule has 0 aliphatic carbocycles. The highest BCUT2D eigenvalue weighted by Crippen LogP contribution is 2.40. The van der Waals surface area contributed by atoms with Gasteiger partial charge in [0.15, 0.2) is 5.82 Å². The van der Waals surface area contributed by atoms with Gasteiger partial charge in [-0.1, -0.05) is 30.3 Å². The smallest absolute Gasteiger partial charge is 0.247 e. The van der Waals surface area contributed by atoms with Gasteiger partial charge in [-0.15, -0.1) is 0 Å². The maximum atomic E-state index is 12.4. The Kier molecular flexibility index (Phi) is 8.92. The van der Waals surface area contributed by atoms with Crippen LogP contribution in [-0.2, 0) is 9.63 Å². The molecule has 1 atom stereocenters. The van der Waals surface area contributed by atoms with Crippen molar-refractivity contribution in [1.82, 2.24) is 14.9 Å². The monoisotopic (exact) mass is 577 g/mol. The van der Waals surface area contributed by atoms with Crippen LogP contribution in [-0.4, -0.2) is 67.7 Å². The molecule has 10 nitrogen and oxygen atoms in total. The number of aromatic nitrogens is 2. The van der Waals surface area contributed by atoms with E-state index in [-0.39, 0.29) is 11.9 Å². The molecule has 1 aromatic heterocycles. The van der Waals surface area contributed by atoms with Crippen LogP contribution in [0.3, 0.4) is 0 Å². The van der Waals surface area contributed by atoms with E-state index in [0.717, 1.165) is 43.6 Å². The lowest BCUT2D eigenvalue weighted by Gasteiger charge is -2.37. The van der Waals surface area contributed by atoms with Crippen LogP contribution in [0.4, 0.5) is 28.7 Å². The highest BCUT2D eigenvalue weighted by Gasteiger charge is 2.30. The fourth-order valence-electron chi connectivity index (χ4n) is 5.39. The van der Waals surface area contributed by atoms with Gasteiger partial charge in [0.25, 0.3) is 0 Å². The fourth-order valence-corrected chi connectivity index (χ4v) is 5.59. The first-order valence-electron chi connectivity index (χ1n) is 13.7. The Bertz CT molecular complexity index is 1390. The number of piperidine rings is 1. The second-order valence-corrected chi connectivity index (χ2v) is 10.8. The van der Waals surface area contributed by atoms with E-state index in [1.807, 2.05) is 42.5 Å². The number of hydroxylamine groups is 1. The molecule has 11 heteroatoms. The van der Waals surface area contributed by atoms with Gasteiger partial charge < -0.3 is 25.2 Å². The zero-order valence-corrected chi connectivity index (χ0v) is 24.4. The first kappa shape index (κ1) is 28.7. The molecule has 2 aromatic carbocycles. The number of carbonyl (C=O) groups excluding carboxylic acids is 1. The molecule has 0 saturated carbocycles. The Morgan fingerprint density at radius 2 is 1.95 bits per heavy atom. The quantitative estimate of drug-likeness (QED) is 0.323. The SMILES string of the molecule is C=CC(=O)Nc1cc(Nc2cc(N3OCC[C@@H]3c3cccc(Cl)c3)ncn2)c(OC)cc1N1CCC(N(C)C)CC1. The number of ether oxygens (including phenoxy) is 1. The van der Waals surface area contributed by atoms with Crippen molar-refractivity contribution in [2.75, 3.05) is 61.5 Å². The summed E-state index contributed by atoms with van der Waals surface area (Å²) in [6, 6.07) is 13.9. The van der Waals surface area contributed by atoms with Gasteiger partial charge in [0.05, 0.1) is 36.8 Å². The highest BCUT2D eigenvalue weighted by molar-refractivity contribution is 6.30. The zero-order chi connectivity index (χ0) is 28.9. The number of nitrogens with zero attached hydrogens (tertiary/aromatic N) is 5. The Hall–Kier alpha value is -3.86.